The van der Waals surface area contributed by atoms with Crippen LogP contribution in [0.5, 0.6) is 0 Å². The maximum absolute atomic E-state index is 5.78. The summed E-state index contributed by atoms with van der Waals surface area (Å²) in [6.07, 6.45) is -1.07. The largest absolute Gasteiger partial charge is 0.464 e. The number of hydrogen-bond donors (Lipinski definition) is 0. The fourth-order valence-corrected chi connectivity index (χ4v) is 4.37. The third-order valence-electron chi connectivity index (χ3n) is 4.71. The average Bonchev–Trinajstić information content (AvgIpc) is 3.26. The Kier molecular flexibility index (Phi) is 9.39. The minimum absolute atomic E-state index is 0. The van der Waals surface area contributed by atoms with Crippen LogP contribution >= 0.6 is 22.6 Å². The first-order chi connectivity index (χ1) is 12.6. The highest BCUT2D eigenvalue weighted by atomic mass is 127. The second-order valence-corrected chi connectivity index (χ2v) is 8.59. The van der Waals surface area contributed by atoms with E-state index in [2.05, 4.69) is 29.2 Å². The van der Waals surface area contributed by atoms with Crippen molar-refractivity contribution in [2.45, 2.75) is 97.2 Å². The Bertz CT molecular complexity index is 535. The van der Waals surface area contributed by atoms with Gasteiger partial charge < -0.3 is 37.9 Å². The highest BCUT2D eigenvalue weighted by Gasteiger charge is 2.55. The lowest BCUT2D eigenvalue weighted by Crippen LogP contribution is -2.30. The standard InChI is InChI=1S/C9H15IO4.C9H14O4.2CH4/c1-9(2)13-6-5(4-10)12-8(11-3)7(6)14-9;1-5-6-7(8(10-4)11-5)13-9(2,3)12-6;;/h5-8H,4H2,1-3H3;6-8H,1H2,2-4H3;2*1H4/t5-,6-,7-,8-;6-,7-,8-;;/m11../s1. The van der Waals surface area contributed by atoms with Crippen LogP contribution in [0.1, 0.15) is 42.5 Å². The first-order valence-corrected chi connectivity index (χ1v) is 10.5. The van der Waals surface area contributed by atoms with Crippen LogP contribution in [0.2, 0.25) is 0 Å². The van der Waals surface area contributed by atoms with E-state index in [-0.39, 0.29) is 58.0 Å². The lowest BCUT2D eigenvalue weighted by molar-refractivity contribution is -0.223. The van der Waals surface area contributed by atoms with Gasteiger partial charge in [0.25, 0.3) is 0 Å². The third kappa shape index (κ3) is 5.62. The molecule has 0 bridgehead atoms. The molecule has 4 saturated heterocycles. The van der Waals surface area contributed by atoms with Gasteiger partial charge in [-0.25, -0.2) is 0 Å². The van der Waals surface area contributed by atoms with Crippen LogP contribution in [-0.2, 0) is 37.9 Å². The van der Waals surface area contributed by atoms with Crippen LogP contribution < -0.4 is 0 Å². The maximum atomic E-state index is 5.78. The summed E-state index contributed by atoms with van der Waals surface area (Å²) >= 11 is 2.29. The molecule has 9 heteroatoms. The van der Waals surface area contributed by atoms with E-state index in [0.29, 0.717) is 5.76 Å². The van der Waals surface area contributed by atoms with E-state index in [0.717, 1.165) is 4.43 Å². The lowest BCUT2D eigenvalue weighted by Gasteiger charge is -2.22. The van der Waals surface area contributed by atoms with Crippen LogP contribution in [0.4, 0.5) is 0 Å². The molecule has 8 nitrogen and oxygen atoms in total. The van der Waals surface area contributed by atoms with E-state index in [9.17, 15) is 0 Å². The van der Waals surface area contributed by atoms with Crippen molar-refractivity contribution in [1.82, 2.24) is 0 Å². The Labute approximate surface area is 188 Å². The van der Waals surface area contributed by atoms with Gasteiger partial charge in [-0.15, -0.1) is 0 Å². The molecule has 0 N–H and O–H groups in total. The molecule has 4 aliphatic rings. The van der Waals surface area contributed by atoms with Crippen molar-refractivity contribution >= 4 is 22.6 Å². The summed E-state index contributed by atoms with van der Waals surface area (Å²) < 4.78 is 44.9. The Morgan fingerprint density at radius 2 is 1.38 bits per heavy atom. The first-order valence-electron chi connectivity index (χ1n) is 8.94. The summed E-state index contributed by atoms with van der Waals surface area (Å²) in [4.78, 5) is 0. The molecule has 0 aromatic carbocycles. The zero-order valence-electron chi connectivity index (χ0n) is 16.6. The van der Waals surface area contributed by atoms with Gasteiger partial charge in [0.2, 0.25) is 6.29 Å². The van der Waals surface area contributed by atoms with Gasteiger partial charge in [-0.1, -0.05) is 44.0 Å². The molecule has 4 fully saturated rings. The molecule has 29 heavy (non-hydrogen) atoms. The smallest absolute Gasteiger partial charge is 0.228 e. The molecule has 0 aliphatic carbocycles. The van der Waals surface area contributed by atoms with E-state index in [1.807, 2.05) is 27.7 Å². The molecule has 0 spiro atoms. The van der Waals surface area contributed by atoms with Crippen molar-refractivity contribution in [2.75, 3.05) is 18.6 Å². The van der Waals surface area contributed by atoms with Gasteiger partial charge in [0, 0.05) is 18.6 Å². The van der Waals surface area contributed by atoms with Crippen molar-refractivity contribution in [3.8, 4) is 0 Å². The Morgan fingerprint density at radius 3 is 1.93 bits per heavy atom. The molecular weight excluding hydrogens is 495 g/mol. The summed E-state index contributed by atoms with van der Waals surface area (Å²) in [5.41, 5.74) is 0. The SMILES string of the molecule is C.C.C=C1O[C@@H](OC)[C@@H]2OC(C)(C)O[C@H]12.CO[C@@H]1O[C@H](CI)[C@H]2OC(C)(C)O[C@@H]12. The molecule has 0 amide bonds. The number of halogens is 1. The van der Waals surface area contributed by atoms with E-state index < -0.39 is 11.6 Å². The fraction of sp³-hybridized carbons (Fsp3) is 0.900. The van der Waals surface area contributed by atoms with Gasteiger partial charge in [0.1, 0.15) is 24.1 Å². The second-order valence-electron chi connectivity index (χ2n) is 7.71. The monoisotopic (exact) mass is 532 g/mol. The first kappa shape index (κ1) is 27.0. The van der Waals surface area contributed by atoms with Crippen molar-refractivity contribution in [3.63, 3.8) is 0 Å². The normalized spacial score (nSPS) is 40.7. The van der Waals surface area contributed by atoms with Gasteiger partial charge in [-0.05, 0) is 27.7 Å². The Hall–Kier alpha value is -0.0100. The summed E-state index contributed by atoms with van der Waals surface area (Å²) in [6, 6.07) is 0. The minimum Gasteiger partial charge on any atom is -0.464 e. The molecule has 0 aromatic heterocycles. The van der Waals surface area contributed by atoms with Crippen molar-refractivity contribution in [2.24, 2.45) is 0 Å². The maximum Gasteiger partial charge on any atom is 0.228 e. The summed E-state index contributed by atoms with van der Waals surface area (Å²) in [6.45, 7) is 11.3. The van der Waals surface area contributed by atoms with Crippen molar-refractivity contribution in [1.29, 1.82) is 0 Å². The van der Waals surface area contributed by atoms with E-state index in [1.165, 1.54) is 0 Å². The zero-order chi connectivity index (χ0) is 20.0. The van der Waals surface area contributed by atoms with E-state index in [4.69, 9.17) is 37.9 Å². The third-order valence-corrected chi connectivity index (χ3v) is 5.57. The summed E-state index contributed by atoms with van der Waals surface area (Å²) in [7, 11) is 3.21. The molecule has 0 radical (unpaired) electrons. The van der Waals surface area contributed by atoms with Gasteiger partial charge >= 0.3 is 0 Å². The summed E-state index contributed by atoms with van der Waals surface area (Å²) in [5, 5.41) is 0. The molecular formula is C20H37IO8. The Morgan fingerprint density at radius 1 is 0.862 bits per heavy atom. The van der Waals surface area contributed by atoms with Crippen LogP contribution in [0, 0.1) is 0 Å². The molecule has 0 aromatic rings. The highest BCUT2D eigenvalue weighted by molar-refractivity contribution is 14.1. The summed E-state index contributed by atoms with van der Waals surface area (Å²) in [5.74, 6) is -0.499. The van der Waals surface area contributed by atoms with Gasteiger partial charge in [-0.3, -0.25) is 0 Å². The Balaban J connectivity index is 0.000000272. The van der Waals surface area contributed by atoms with Gasteiger partial charge in [0.15, 0.2) is 24.0 Å². The van der Waals surface area contributed by atoms with Crippen molar-refractivity contribution in [3.05, 3.63) is 12.3 Å². The zero-order valence-corrected chi connectivity index (χ0v) is 18.8. The number of fused-ring (bicyclic) bond motifs is 2. The predicted molar refractivity (Wildman–Crippen MR) is 117 cm³/mol. The lowest BCUT2D eigenvalue weighted by atomic mass is 10.2. The fourth-order valence-electron chi connectivity index (χ4n) is 3.66. The molecule has 4 heterocycles. The average molecular weight is 532 g/mol. The molecule has 4 aliphatic heterocycles. The molecule has 0 unspecified atom stereocenters. The number of ether oxygens (including phenoxy) is 8. The molecule has 172 valence electrons. The molecule has 7 atom stereocenters. The second kappa shape index (κ2) is 10.1. The number of alkyl halides is 1. The van der Waals surface area contributed by atoms with E-state index >= 15 is 0 Å². The number of methoxy groups -OCH3 is 2. The predicted octanol–water partition coefficient (Wildman–Crippen LogP) is 3.61. The highest BCUT2D eigenvalue weighted by Crippen LogP contribution is 2.40. The molecule has 0 saturated carbocycles. The van der Waals surface area contributed by atoms with Gasteiger partial charge in [0.05, 0.1) is 6.10 Å². The van der Waals surface area contributed by atoms with Crippen LogP contribution in [0.15, 0.2) is 12.3 Å². The number of hydrogen-bond acceptors (Lipinski definition) is 8. The number of rotatable bonds is 3. The minimum atomic E-state index is -0.571. The van der Waals surface area contributed by atoms with Crippen LogP contribution in [0.3, 0.4) is 0 Å². The quantitative estimate of drug-likeness (QED) is 0.404. The molecule has 4 rings (SSSR count). The topological polar surface area (TPSA) is 73.8 Å². The van der Waals surface area contributed by atoms with E-state index in [1.54, 1.807) is 14.2 Å². The van der Waals surface area contributed by atoms with Crippen molar-refractivity contribution < 1.29 is 37.9 Å². The van der Waals surface area contributed by atoms with Crippen LogP contribution in [0.25, 0.3) is 0 Å². The van der Waals surface area contributed by atoms with Gasteiger partial charge in [-0.2, -0.15) is 0 Å². The van der Waals surface area contributed by atoms with Crippen LogP contribution in [-0.4, -0.2) is 73.3 Å².